The van der Waals surface area contributed by atoms with Crippen molar-refractivity contribution >= 4 is 51.3 Å². The van der Waals surface area contributed by atoms with Crippen molar-refractivity contribution in [1.29, 1.82) is 0 Å². The maximum Gasteiger partial charge on any atom is 0.306 e. The molecule has 0 spiro atoms. The summed E-state index contributed by atoms with van der Waals surface area (Å²) in [5.74, 6) is 0.295. The third kappa shape index (κ3) is 4.40. The largest absolute Gasteiger partial charge is 0.382 e. The molecule has 1 radical (unpaired) electrons. The van der Waals surface area contributed by atoms with Crippen molar-refractivity contribution in [2.45, 2.75) is 18.9 Å². The van der Waals surface area contributed by atoms with Crippen LogP contribution < -0.4 is 4.18 Å². The normalized spacial score (nSPS) is 19.3. The Labute approximate surface area is 134 Å². The van der Waals surface area contributed by atoms with Crippen molar-refractivity contribution < 1.29 is 17.3 Å². The van der Waals surface area contributed by atoms with E-state index >= 15 is 0 Å². The summed E-state index contributed by atoms with van der Waals surface area (Å²) < 4.78 is 32.8. The van der Waals surface area contributed by atoms with E-state index in [9.17, 15) is 8.42 Å². The zero-order valence-electron chi connectivity index (χ0n) is 10.3. The van der Waals surface area contributed by atoms with Gasteiger partial charge in [-0.2, -0.15) is 8.42 Å². The zero-order valence-corrected chi connectivity index (χ0v) is 13.9. The molecular formula is C11H13ClNaO4S. The van der Waals surface area contributed by atoms with Gasteiger partial charge in [0.25, 0.3) is 0 Å². The van der Waals surface area contributed by atoms with Crippen LogP contribution in [0.2, 0.25) is 5.02 Å². The van der Waals surface area contributed by atoms with E-state index in [1.807, 2.05) is 0 Å². The molecule has 2 rings (SSSR count). The van der Waals surface area contributed by atoms with Gasteiger partial charge in [0.05, 0.1) is 12.4 Å². The third-order valence-electron chi connectivity index (χ3n) is 2.49. The van der Waals surface area contributed by atoms with E-state index in [-0.39, 0.29) is 35.7 Å². The molecule has 0 aliphatic carbocycles. The summed E-state index contributed by atoms with van der Waals surface area (Å²) in [7, 11) is -3.54. The standard InChI is InChI=1S/C11H13ClO4S.Na/c1-17(13,14)16-11-5-4-8(12)7-9(11)10-3-2-6-15-10;/h4-5,7,10H,2-3,6H2,1H3;. The summed E-state index contributed by atoms with van der Waals surface area (Å²) in [6.07, 6.45) is 2.68. The Morgan fingerprint density at radius 3 is 2.72 bits per heavy atom. The molecule has 1 aliphatic heterocycles. The van der Waals surface area contributed by atoms with Gasteiger partial charge >= 0.3 is 10.1 Å². The molecule has 0 amide bonds. The minimum Gasteiger partial charge on any atom is -0.382 e. The molecule has 1 heterocycles. The second-order valence-electron chi connectivity index (χ2n) is 3.97. The maximum absolute atomic E-state index is 11.2. The Balaban J connectivity index is 0.00000162. The third-order valence-corrected chi connectivity index (χ3v) is 3.21. The fraction of sp³-hybridized carbons (Fsp3) is 0.455. The predicted molar refractivity (Wildman–Crippen MR) is 70.6 cm³/mol. The first kappa shape index (κ1) is 16.3. The predicted octanol–water partition coefficient (Wildman–Crippen LogP) is 2.15. The van der Waals surface area contributed by atoms with Crippen LogP contribution >= 0.6 is 11.6 Å². The second-order valence-corrected chi connectivity index (χ2v) is 5.98. The molecule has 7 heteroatoms. The second kappa shape index (κ2) is 6.59. The molecule has 1 unspecified atom stereocenters. The molecule has 0 N–H and O–H groups in total. The van der Waals surface area contributed by atoms with E-state index in [1.165, 1.54) is 0 Å². The van der Waals surface area contributed by atoms with Gasteiger partial charge in [0.1, 0.15) is 5.75 Å². The monoisotopic (exact) mass is 299 g/mol. The molecule has 0 aromatic heterocycles. The summed E-state index contributed by atoms with van der Waals surface area (Å²) in [4.78, 5) is 0. The number of benzene rings is 1. The van der Waals surface area contributed by atoms with Gasteiger partial charge in [-0.1, -0.05) is 11.6 Å². The quantitative estimate of drug-likeness (QED) is 0.634. The van der Waals surface area contributed by atoms with Crippen molar-refractivity contribution in [3.05, 3.63) is 28.8 Å². The van der Waals surface area contributed by atoms with Crippen LogP contribution in [0.1, 0.15) is 24.5 Å². The van der Waals surface area contributed by atoms with Crippen LogP contribution in [0, 0.1) is 0 Å². The van der Waals surface area contributed by atoms with Crippen LogP contribution in [-0.4, -0.2) is 50.8 Å². The summed E-state index contributed by atoms with van der Waals surface area (Å²) in [6, 6.07) is 4.85. The first-order valence-electron chi connectivity index (χ1n) is 5.26. The van der Waals surface area contributed by atoms with Crippen LogP contribution in [0.3, 0.4) is 0 Å². The minimum absolute atomic E-state index is 0. The van der Waals surface area contributed by atoms with E-state index in [4.69, 9.17) is 20.5 Å². The molecule has 18 heavy (non-hydrogen) atoms. The molecular weight excluding hydrogens is 287 g/mol. The van der Waals surface area contributed by atoms with E-state index in [0.717, 1.165) is 19.1 Å². The SMILES string of the molecule is CS(=O)(=O)Oc1ccc(Cl)cc1C1CCCO1.[Na]. The number of hydrogen-bond acceptors (Lipinski definition) is 4. The van der Waals surface area contributed by atoms with Crippen molar-refractivity contribution in [1.82, 2.24) is 0 Å². The number of halogens is 1. The average molecular weight is 300 g/mol. The van der Waals surface area contributed by atoms with Gasteiger partial charge in [0, 0.05) is 46.8 Å². The van der Waals surface area contributed by atoms with Crippen molar-refractivity contribution in [2.24, 2.45) is 0 Å². The minimum atomic E-state index is -3.54. The molecule has 1 fully saturated rings. The van der Waals surface area contributed by atoms with Crippen molar-refractivity contribution in [3.63, 3.8) is 0 Å². The Hall–Kier alpha value is 0.220. The van der Waals surface area contributed by atoms with Gasteiger partial charge in [0.2, 0.25) is 0 Å². The van der Waals surface area contributed by atoms with Crippen LogP contribution in [0.5, 0.6) is 5.75 Å². The Morgan fingerprint density at radius 1 is 1.44 bits per heavy atom. The molecule has 1 aliphatic rings. The molecule has 0 bridgehead atoms. The average Bonchev–Trinajstić information content (AvgIpc) is 2.71. The van der Waals surface area contributed by atoms with Crippen LogP contribution in [0.15, 0.2) is 18.2 Å². The number of ether oxygens (including phenoxy) is 1. The fourth-order valence-electron chi connectivity index (χ4n) is 1.83. The van der Waals surface area contributed by atoms with Crippen LogP contribution in [-0.2, 0) is 14.9 Å². The first-order chi connectivity index (χ1) is 7.96. The number of hydrogen-bond donors (Lipinski definition) is 0. The zero-order chi connectivity index (χ0) is 12.5. The summed E-state index contributed by atoms with van der Waals surface area (Å²) in [5.41, 5.74) is 0.695. The first-order valence-corrected chi connectivity index (χ1v) is 7.46. The molecule has 1 aromatic carbocycles. The Morgan fingerprint density at radius 2 is 2.17 bits per heavy atom. The fourth-order valence-corrected chi connectivity index (χ4v) is 2.49. The van der Waals surface area contributed by atoms with Gasteiger partial charge in [-0.3, -0.25) is 0 Å². The molecule has 0 saturated carbocycles. The smallest absolute Gasteiger partial charge is 0.306 e. The van der Waals surface area contributed by atoms with E-state index in [1.54, 1.807) is 18.2 Å². The van der Waals surface area contributed by atoms with Crippen molar-refractivity contribution in [3.8, 4) is 5.75 Å². The summed E-state index contributed by atoms with van der Waals surface area (Å²) >= 11 is 5.91. The van der Waals surface area contributed by atoms with Gasteiger partial charge < -0.3 is 8.92 Å². The number of rotatable bonds is 3. The molecule has 1 atom stereocenters. The van der Waals surface area contributed by atoms with E-state index in [0.29, 0.717) is 22.9 Å². The summed E-state index contributed by atoms with van der Waals surface area (Å²) in [5, 5.41) is 0.538. The Kier molecular flexibility index (Phi) is 5.96. The van der Waals surface area contributed by atoms with Crippen LogP contribution in [0.4, 0.5) is 0 Å². The topological polar surface area (TPSA) is 52.6 Å². The summed E-state index contributed by atoms with van der Waals surface area (Å²) in [6.45, 7) is 0.676. The van der Waals surface area contributed by atoms with Gasteiger partial charge in [0.15, 0.2) is 0 Å². The van der Waals surface area contributed by atoms with Crippen LogP contribution in [0.25, 0.3) is 0 Å². The van der Waals surface area contributed by atoms with E-state index in [2.05, 4.69) is 0 Å². The van der Waals surface area contributed by atoms with Gasteiger partial charge in [-0.25, -0.2) is 0 Å². The van der Waals surface area contributed by atoms with Gasteiger partial charge in [-0.05, 0) is 31.0 Å². The maximum atomic E-state index is 11.2. The van der Waals surface area contributed by atoms with E-state index < -0.39 is 10.1 Å². The molecule has 1 aromatic rings. The molecule has 1 saturated heterocycles. The van der Waals surface area contributed by atoms with Gasteiger partial charge in [-0.15, -0.1) is 0 Å². The Bertz CT molecular complexity index is 512. The van der Waals surface area contributed by atoms with Crippen molar-refractivity contribution in [2.75, 3.05) is 12.9 Å². The molecule has 4 nitrogen and oxygen atoms in total. The molecule has 95 valence electrons.